The van der Waals surface area contributed by atoms with Crippen LogP contribution >= 0.6 is 0 Å². The minimum absolute atomic E-state index is 0.0823. The molecule has 0 aliphatic heterocycles. The van der Waals surface area contributed by atoms with Gasteiger partial charge in [-0.3, -0.25) is 14.8 Å². The van der Waals surface area contributed by atoms with Gasteiger partial charge in [-0.05, 0) is 18.9 Å². The average molecular weight is 261 g/mol. The summed E-state index contributed by atoms with van der Waals surface area (Å²) in [5.41, 5.74) is 1.75. The quantitative estimate of drug-likeness (QED) is 0.653. The van der Waals surface area contributed by atoms with Crippen LogP contribution in [0.2, 0.25) is 0 Å². The number of rotatable bonds is 5. The Labute approximate surface area is 110 Å². The van der Waals surface area contributed by atoms with Gasteiger partial charge in [0.05, 0.1) is 17.2 Å². The molecular weight excluding hydrogens is 246 g/mol. The average Bonchev–Trinajstić information content (AvgIpc) is 2.77. The first-order valence-corrected chi connectivity index (χ1v) is 5.88. The summed E-state index contributed by atoms with van der Waals surface area (Å²) in [5, 5.41) is 18.0. The van der Waals surface area contributed by atoms with Crippen LogP contribution in [-0.2, 0) is 13.5 Å². The van der Waals surface area contributed by atoms with Crippen LogP contribution in [-0.4, -0.2) is 26.2 Å². The first-order valence-electron chi connectivity index (χ1n) is 5.88. The molecule has 0 fully saturated rings. The van der Waals surface area contributed by atoms with E-state index in [0.717, 1.165) is 12.0 Å². The molecule has 0 aliphatic rings. The fraction of sp³-hybridized carbons (Fsp3) is 0.333. The highest BCUT2D eigenvalue weighted by Gasteiger charge is 2.11. The standard InChI is InChI=1S/C12H15N5O2/c1-9-6-14-12(5-11(9)17(18)19)13-4-3-10-7-15-16(2)8-10/h5-8H,3-4H2,1-2H3,(H,13,14). The van der Waals surface area contributed by atoms with E-state index in [4.69, 9.17) is 0 Å². The number of pyridine rings is 1. The second-order valence-electron chi connectivity index (χ2n) is 4.31. The van der Waals surface area contributed by atoms with Crippen molar-refractivity contribution in [2.24, 2.45) is 7.05 Å². The van der Waals surface area contributed by atoms with E-state index in [-0.39, 0.29) is 5.69 Å². The van der Waals surface area contributed by atoms with Crippen molar-refractivity contribution in [2.75, 3.05) is 11.9 Å². The molecule has 7 nitrogen and oxygen atoms in total. The van der Waals surface area contributed by atoms with E-state index in [0.29, 0.717) is 17.9 Å². The molecule has 0 atom stereocenters. The molecule has 19 heavy (non-hydrogen) atoms. The first kappa shape index (κ1) is 13.0. The summed E-state index contributed by atoms with van der Waals surface area (Å²) in [6.45, 7) is 2.32. The van der Waals surface area contributed by atoms with Crippen molar-refractivity contribution < 1.29 is 4.92 Å². The lowest BCUT2D eigenvalue weighted by atomic mass is 10.2. The number of nitrogens with one attached hydrogen (secondary N) is 1. The number of anilines is 1. The molecule has 0 spiro atoms. The second-order valence-corrected chi connectivity index (χ2v) is 4.31. The summed E-state index contributed by atoms with van der Waals surface area (Å²) in [6.07, 6.45) is 6.03. The van der Waals surface area contributed by atoms with Crippen LogP contribution in [0.25, 0.3) is 0 Å². The van der Waals surface area contributed by atoms with Crippen LogP contribution in [0, 0.1) is 17.0 Å². The molecule has 2 rings (SSSR count). The van der Waals surface area contributed by atoms with E-state index in [1.807, 2.05) is 13.2 Å². The highest BCUT2D eigenvalue weighted by atomic mass is 16.6. The molecule has 2 aromatic rings. The zero-order valence-corrected chi connectivity index (χ0v) is 10.8. The third kappa shape index (κ3) is 3.27. The van der Waals surface area contributed by atoms with Crippen molar-refractivity contribution in [1.29, 1.82) is 0 Å². The van der Waals surface area contributed by atoms with Gasteiger partial charge < -0.3 is 5.32 Å². The van der Waals surface area contributed by atoms with E-state index in [1.165, 1.54) is 12.3 Å². The lowest BCUT2D eigenvalue weighted by molar-refractivity contribution is -0.385. The predicted molar refractivity (Wildman–Crippen MR) is 71.0 cm³/mol. The van der Waals surface area contributed by atoms with Crippen LogP contribution in [0.4, 0.5) is 11.5 Å². The van der Waals surface area contributed by atoms with Gasteiger partial charge in [0.2, 0.25) is 0 Å². The maximum atomic E-state index is 10.8. The molecule has 0 saturated heterocycles. The summed E-state index contributed by atoms with van der Waals surface area (Å²) < 4.78 is 1.74. The summed E-state index contributed by atoms with van der Waals surface area (Å²) in [4.78, 5) is 14.5. The highest BCUT2D eigenvalue weighted by Crippen LogP contribution is 2.19. The molecule has 0 saturated carbocycles. The number of hydrogen-bond acceptors (Lipinski definition) is 5. The van der Waals surface area contributed by atoms with Crippen LogP contribution in [0.1, 0.15) is 11.1 Å². The Morgan fingerprint density at radius 3 is 2.89 bits per heavy atom. The van der Waals surface area contributed by atoms with Crippen LogP contribution < -0.4 is 5.32 Å². The fourth-order valence-electron chi connectivity index (χ4n) is 1.74. The smallest absolute Gasteiger partial charge is 0.277 e. The lowest BCUT2D eigenvalue weighted by Gasteiger charge is -2.05. The van der Waals surface area contributed by atoms with Crippen LogP contribution in [0.3, 0.4) is 0 Å². The van der Waals surface area contributed by atoms with Gasteiger partial charge in [-0.15, -0.1) is 0 Å². The maximum absolute atomic E-state index is 10.8. The minimum Gasteiger partial charge on any atom is -0.370 e. The Kier molecular flexibility index (Phi) is 3.74. The molecular formula is C12H15N5O2. The number of nitrogens with zero attached hydrogens (tertiary/aromatic N) is 4. The SMILES string of the molecule is Cc1cnc(NCCc2cnn(C)c2)cc1[N+](=O)[O-]. The maximum Gasteiger partial charge on any atom is 0.277 e. The van der Waals surface area contributed by atoms with Gasteiger partial charge in [0.25, 0.3) is 5.69 Å². The monoisotopic (exact) mass is 261 g/mol. The Hall–Kier alpha value is -2.44. The summed E-state index contributed by atoms with van der Waals surface area (Å²) in [6, 6.07) is 1.46. The van der Waals surface area contributed by atoms with E-state index in [1.54, 1.807) is 17.8 Å². The zero-order chi connectivity index (χ0) is 13.8. The molecule has 100 valence electrons. The Balaban J connectivity index is 1.96. The van der Waals surface area contributed by atoms with Crippen molar-refractivity contribution in [3.63, 3.8) is 0 Å². The predicted octanol–water partition coefficient (Wildman–Crippen LogP) is 1.69. The second kappa shape index (κ2) is 5.47. The van der Waals surface area contributed by atoms with E-state index >= 15 is 0 Å². The molecule has 0 aromatic carbocycles. The molecule has 2 aromatic heterocycles. The van der Waals surface area contributed by atoms with Crippen molar-refractivity contribution >= 4 is 11.5 Å². The number of aryl methyl sites for hydroxylation is 2. The van der Waals surface area contributed by atoms with Crippen molar-refractivity contribution in [3.05, 3.63) is 45.9 Å². The molecule has 7 heteroatoms. The molecule has 0 amide bonds. The number of aromatic nitrogens is 3. The van der Waals surface area contributed by atoms with Gasteiger partial charge in [0, 0.05) is 31.5 Å². The molecule has 0 radical (unpaired) electrons. The summed E-state index contributed by atoms with van der Waals surface area (Å²) in [7, 11) is 1.86. The molecule has 0 aliphatic carbocycles. The Morgan fingerprint density at radius 2 is 2.26 bits per heavy atom. The Bertz CT molecular complexity index is 594. The van der Waals surface area contributed by atoms with Crippen molar-refractivity contribution in [2.45, 2.75) is 13.3 Å². The third-order valence-electron chi connectivity index (χ3n) is 2.75. The minimum atomic E-state index is -0.399. The van der Waals surface area contributed by atoms with Crippen molar-refractivity contribution in [1.82, 2.24) is 14.8 Å². The Morgan fingerprint density at radius 1 is 1.47 bits per heavy atom. The lowest BCUT2D eigenvalue weighted by Crippen LogP contribution is -2.06. The first-order chi connectivity index (χ1) is 9.06. The largest absolute Gasteiger partial charge is 0.370 e. The molecule has 0 bridgehead atoms. The van der Waals surface area contributed by atoms with Gasteiger partial charge >= 0.3 is 0 Å². The van der Waals surface area contributed by atoms with Gasteiger partial charge in [-0.2, -0.15) is 5.10 Å². The van der Waals surface area contributed by atoms with E-state index < -0.39 is 4.92 Å². The van der Waals surface area contributed by atoms with Gasteiger partial charge in [0.15, 0.2) is 0 Å². The van der Waals surface area contributed by atoms with Gasteiger partial charge in [-0.25, -0.2) is 4.98 Å². The summed E-state index contributed by atoms with van der Waals surface area (Å²) in [5.74, 6) is 0.515. The highest BCUT2D eigenvalue weighted by molar-refractivity contribution is 5.48. The van der Waals surface area contributed by atoms with Crippen LogP contribution in [0.15, 0.2) is 24.7 Å². The third-order valence-corrected chi connectivity index (χ3v) is 2.75. The molecule has 0 unspecified atom stereocenters. The van der Waals surface area contributed by atoms with Gasteiger partial charge in [-0.1, -0.05) is 0 Å². The topological polar surface area (TPSA) is 85.9 Å². The molecule has 1 N–H and O–H groups in total. The summed E-state index contributed by atoms with van der Waals surface area (Å²) >= 11 is 0. The van der Waals surface area contributed by atoms with Gasteiger partial charge in [0.1, 0.15) is 5.82 Å². The van der Waals surface area contributed by atoms with Crippen molar-refractivity contribution in [3.8, 4) is 0 Å². The number of hydrogen-bond donors (Lipinski definition) is 1. The molecule has 2 heterocycles. The van der Waals surface area contributed by atoms with E-state index in [9.17, 15) is 10.1 Å². The fourth-order valence-corrected chi connectivity index (χ4v) is 1.74. The number of nitro groups is 1. The normalized spacial score (nSPS) is 10.4. The zero-order valence-electron chi connectivity index (χ0n) is 10.8. The van der Waals surface area contributed by atoms with Crippen LogP contribution in [0.5, 0.6) is 0 Å². The van der Waals surface area contributed by atoms with E-state index in [2.05, 4.69) is 15.4 Å².